The molecule has 0 heterocycles. The third kappa shape index (κ3) is 3.84. The highest BCUT2D eigenvalue weighted by Gasteiger charge is 2.36. The van der Waals surface area contributed by atoms with Gasteiger partial charge in [-0.15, -0.1) is 0 Å². The number of amides is 2. The molecule has 0 atom stereocenters. The summed E-state index contributed by atoms with van der Waals surface area (Å²) < 4.78 is 18.1. The molecule has 1 rings (SSSR count). The Bertz CT molecular complexity index is 530. The number of ether oxygens (including phenoxy) is 1. The van der Waals surface area contributed by atoms with Crippen LogP contribution in [0.2, 0.25) is 0 Å². The molecule has 1 aromatic rings. The molecule has 3 N–H and O–H groups in total. The molecule has 7 heteroatoms. The van der Waals surface area contributed by atoms with Crippen LogP contribution < -0.4 is 15.4 Å². The minimum absolute atomic E-state index is 0.0109. The number of carboxylic acid groups (broad SMARTS) is 1. The molecule has 0 aliphatic rings. The van der Waals surface area contributed by atoms with E-state index in [2.05, 4.69) is 10.6 Å². The molecular weight excluding hydrogens is 279 g/mol. The number of anilines is 1. The Labute approximate surface area is 122 Å². The molecule has 0 aliphatic carbocycles. The fourth-order valence-electron chi connectivity index (χ4n) is 1.90. The summed E-state index contributed by atoms with van der Waals surface area (Å²) in [5.74, 6) is -1.66. The zero-order valence-corrected chi connectivity index (χ0v) is 12.2. The maximum absolute atomic E-state index is 13.3. The number of halogens is 1. The summed E-state index contributed by atoms with van der Waals surface area (Å²) in [5, 5.41) is 14.2. The van der Waals surface area contributed by atoms with Crippen molar-refractivity contribution in [3.05, 3.63) is 24.0 Å². The van der Waals surface area contributed by atoms with Gasteiger partial charge in [0.2, 0.25) is 0 Å². The second kappa shape index (κ2) is 6.92. The van der Waals surface area contributed by atoms with Crippen LogP contribution in [0.4, 0.5) is 14.9 Å². The minimum Gasteiger partial charge on any atom is -0.494 e. The van der Waals surface area contributed by atoms with Crippen molar-refractivity contribution in [1.29, 1.82) is 0 Å². The van der Waals surface area contributed by atoms with Gasteiger partial charge in [-0.1, -0.05) is 13.8 Å². The standard InChI is InChI=1S/C14H19FN2O4/c1-4-14(5-2,12(18)19)17-13(20)16-9-6-7-10(15)11(8-9)21-3/h6-8H,4-5H2,1-3H3,(H,18,19)(H2,16,17,20). The predicted molar refractivity (Wildman–Crippen MR) is 76.1 cm³/mol. The van der Waals surface area contributed by atoms with E-state index in [4.69, 9.17) is 4.74 Å². The summed E-state index contributed by atoms with van der Waals surface area (Å²) in [7, 11) is 1.31. The summed E-state index contributed by atoms with van der Waals surface area (Å²) in [6.07, 6.45) is 0.498. The molecule has 0 bridgehead atoms. The fraction of sp³-hybridized carbons (Fsp3) is 0.429. The predicted octanol–water partition coefficient (Wildman–Crippen LogP) is 2.60. The Balaban J connectivity index is 2.84. The lowest BCUT2D eigenvalue weighted by Gasteiger charge is -2.28. The molecular formula is C14H19FN2O4. The highest BCUT2D eigenvalue weighted by molar-refractivity contribution is 5.94. The van der Waals surface area contributed by atoms with E-state index in [1.165, 1.54) is 19.2 Å². The van der Waals surface area contributed by atoms with Gasteiger partial charge in [0, 0.05) is 11.8 Å². The monoisotopic (exact) mass is 298 g/mol. The molecule has 6 nitrogen and oxygen atoms in total. The first-order chi connectivity index (χ1) is 9.88. The van der Waals surface area contributed by atoms with Crippen molar-refractivity contribution < 1.29 is 23.8 Å². The van der Waals surface area contributed by atoms with Crippen LogP contribution in [-0.2, 0) is 4.79 Å². The summed E-state index contributed by atoms with van der Waals surface area (Å²) in [6.45, 7) is 3.36. The Morgan fingerprint density at radius 2 is 1.95 bits per heavy atom. The van der Waals surface area contributed by atoms with E-state index >= 15 is 0 Å². The van der Waals surface area contributed by atoms with E-state index in [9.17, 15) is 19.1 Å². The van der Waals surface area contributed by atoms with Crippen LogP contribution in [0.3, 0.4) is 0 Å². The number of hydrogen-bond donors (Lipinski definition) is 3. The van der Waals surface area contributed by atoms with E-state index in [0.29, 0.717) is 5.69 Å². The van der Waals surface area contributed by atoms with Crippen molar-refractivity contribution in [2.45, 2.75) is 32.2 Å². The van der Waals surface area contributed by atoms with Crippen LogP contribution in [0.1, 0.15) is 26.7 Å². The topological polar surface area (TPSA) is 87.7 Å². The highest BCUT2D eigenvalue weighted by atomic mass is 19.1. The van der Waals surface area contributed by atoms with Crippen LogP contribution in [0.15, 0.2) is 18.2 Å². The first-order valence-electron chi connectivity index (χ1n) is 6.54. The van der Waals surface area contributed by atoms with Crippen molar-refractivity contribution >= 4 is 17.7 Å². The van der Waals surface area contributed by atoms with Gasteiger partial charge in [-0.2, -0.15) is 0 Å². The highest BCUT2D eigenvalue weighted by Crippen LogP contribution is 2.22. The zero-order valence-electron chi connectivity index (χ0n) is 12.2. The molecule has 0 aliphatic heterocycles. The van der Waals surface area contributed by atoms with Crippen molar-refractivity contribution in [3.63, 3.8) is 0 Å². The van der Waals surface area contributed by atoms with Crippen LogP contribution in [-0.4, -0.2) is 29.8 Å². The quantitative estimate of drug-likeness (QED) is 0.753. The molecule has 0 radical (unpaired) electrons. The molecule has 0 saturated carbocycles. The number of nitrogens with one attached hydrogen (secondary N) is 2. The van der Waals surface area contributed by atoms with Crippen molar-refractivity contribution in [3.8, 4) is 5.75 Å². The lowest BCUT2D eigenvalue weighted by molar-refractivity contribution is -0.144. The molecule has 1 aromatic carbocycles. The Morgan fingerprint density at radius 3 is 2.43 bits per heavy atom. The maximum Gasteiger partial charge on any atom is 0.329 e. The largest absolute Gasteiger partial charge is 0.494 e. The van der Waals surface area contributed by atoms with Crippen LogP contribution in [0.25, 0.3) is 0 Å². The number of benzene rings is 1. The van der Waals surface area contributed by atoms with E-state index in [-0.39, 0.29) is 18.6 Å². The lowest BCUT2D eigenvalue weighted by atomic mass is 9.93. The van der Waals surface area contributed by atoms with Gasteiger partial charge >= 0.3 is 12.0 Å². The Hall–Kier alpha value is -2.31. The number of urea groups is 1. The number of rotatable bonds is 6. The number of aliphatic carboxylic acids is 1. The third-order valence-corrected chi connectivity index (χ3v) is 3.38. The van der Waals surface area contributed by atoms with Gasteiger partial charge in [-0.25, -0.2) is 14.0 Å². The van der Waals surface area contributed by atoms with Crippen molar-refractivity contribution in [2.75, 3.05) is 12.4 Å². The van der Waals surface area contributed by atoms with Crippen molar-refractivity contribution in [1.82, 2.24) is 5.32 Å². The average Bonchev–Trinajstić information content (AvgIpc) is 2.46. The summed E-state index contributed by atoms with van der Waals surface area (Å²) in [6, 6.07) is 3.15. The second-order valence-corrected chi connectivity index (χ2v) is 4.52. The molecule has 0 saturated heterocycles. The van der Waals surface area contributed by atoms with Gasteiger partial charge in [-0.3, -0.25) is 0 Å². The van der Waals surface area contributed by atoms with E-state index in [1.807, 2.05) is 0 Å². The van der Waals surface area contributed by atoms with Gasteiger partial charge in [0.25, 0.3) is 0 Å². The normalized spacial score (nSPS) is 10.9. The molecule has 0 fully saturated rings. The molecule has 0 unspecified atom stereocenters. The summed E-state index contributed by atoms with van der Waals surface area (Å²) in [4.78, 5) is 23.2. The number of hydrogen-bond acceptors (Lipinski definition) is 3. The van der Waals surface area contributed by atoms with Gasteiger partial charge in [-0.05, 0) is 25.0 Å². The second-order valence-electron chi connectivity index (χ2n) is 4.52. The van der Waals surface area contributed by atoms with Gasteiger partial charge in [0.05, 0.1) is 7.11 Å². The zero-order chi connectivity index (χ0) is 16.0. The maximum atomic E-state index is 13.3. The Kier molecular flexibility index (Phi) is 5.52. The molecule has 21 heavy (non-hydrogen) atoms. The lowest BCUT2D eigenvalue weighted by Crippen LogP contribution is -2.54. The number of carbonyl (C=O) groups excluding carboxylic acids is 1. The van der Waals surface area contributed by atoms with Gasteiger partial charge in [0.15, 0.2) is 11.6 Å². The first kappa shape index (κ1) is 16.7. The fourth-order valence-corrected chi connectivity index (χ4v) is 1.90. The van der Waals surface area contributed by atoms with Gasteiger partial charge < -0.3 is 20.5 Å². The molecule has 0 aromatic heterocycles. The van der Waals surface area contributed by atoms with E-state index in [1.54, 1.807) is 13.8 Å². The third-order valence-electron chi connectivity index (χ3n) is 3.38. The van der Waals surface area contributed by atoms with E-state index < -0.39 is 23.4 Å². The van der Waals surface area contributed by atoms with Gasteiger partial charge in [0.1, 0.15) is 5.54 Å². The number of methoxy groups -OCH3 is 1. The van der Waals surface area contributed by atoms with Crippen LogP contribution in [0, 0.1) is 5.82 Å². The van der Waals surface area contributed by atoms with E-state index in [0.717, 1.165) is 6.07 Å². The average molecular weight is 298 g/mol. The van der Waals surface area contributed by atoms with Crippen LogP contribution >= 0.6 is 0 Å². The molecule has 116 valence electrons. The summed E-state index contributed by atoms with van der Waals surface area (Å²) >= 11 is 0. The SMILES string of the molecule is CCC(CC)(NC(=O)Nc1ccc(F)c(OC)c1)C(=O)O. The summed E-state index contributed by atoms with van der Waals surface area (Å²) in [5.41, 5.74) is -1.02. The minimum atomic E-state index is -1.33. The number of carboxylic acids is 1. The smallest absolute Gasteiger partial charge is 0.329 e. The van der Waals surface area contributed by atoms with Crippen molar-refractivity contribution in [2.24, 2.45) is 0 Å². The molecule has 2 amide bonds. The Morgan fingerprint density at radius 1 is 1.33 bits per heavy atom. The first-order valence-corrected chi connectivity index (χ1v) is 6.54. The number of carbonyl (C=O) groups is 2. The molecule has 0 spiro atoms. The van der Waals surface area contributed by atoms with Crippen LogP contribution in [0.5, 0.6) is 5.75 Å².